The second-order valence-electron chi connectivity index (χ2n) is 2.22. The van der Waals surface area contributed by atoms with Crippen LogP contribution in [0.15, 0.2) is 11.4 Å². The molecule has 0 unspecified atom stereocenters. The lowest BCUT2D eigenvalue weighted by atomic mass is 10.1. The summed E-state index contributed by atoms with van der Waals surface area (Å²) in [5.41, 5.74) is 6.94. The van der Waals surface area contributed by atoms with Gasteiger partial charge in [-0.05, 0) is 30.9 Å². The summed E-state index contributed by atoms with van der Waals surface area (Å²) in [6.07, 6.45) is 0. The van der Waals surface area contributed by atoms with E-state index < -0.39 is 0 Å². The summed E-state index contributed by atoms with van der Waals surface area (Å²) in [5.74, 6) is 0. The Balaban J connectivity index is 2.94. The first-order valence-corrected chi connectivity index (χ1v) is 3.89. The van der Waals surface area contributed by atoms with Crippen molar-refractivity contribution in [1.82, 2.24) is 0 Å². The van der Waals surface area contributed by atoms with Crippen LogP contribution in [0.1, 0.15) is 23.4 Å². The fourth-order valence-corrected chi connectivity index (χ4v) is 1.68. The molecule has 0 aliphatic carbocycles. The molecule has 1 nitrogen and oxygen atoms in total. The number of aryl methyl sites for hydroxylation is 1. The molecule has 0 radical (unpaired) electrons. The van der Waals surface area contributed by atoms with Crippen LogP contribution >= 0.6 is 11.3 Å². The molecule has 9 heavy (non-hydrogen) atoms. The summed E-state index contributed by atoms with van der Waals surface area (Å²) < 4.78 is 0. The molecule has 0 aliphatic rings. The Morgan fingerprint density at radius 3 is 2.56 bits per heavy atom. The molecule has 0 bridgehead atoms. The Kier molecular flexibility index (Phi) is 1.88. The lowest BCUT2D eigenvalue weighted by Crippen LogP contribution is -2.04. The van der Waals surface area contributed by atoms with E-state index in [4.69, 9.17) is 5.73 Å². The van der Waals surface area contributed by atoms with Gasteiger partial charge < -0.3 is 5.73 Å². The quantitative estimate of drug-likeness (QED) is 0.636. The fraction of sp³-hybridized carbons (Fsp3) is 0.429. The molecule has 0 saturated carbocycles. The SMILES string of the molecule is Cc1sccc1[C@H](C)N. The Morgan fingerprint density at radius 2 is 2.33 bits per heavy atom. The molecule has 1 rings (SSSR count). The van der Waals surface area contributed by atoms with Crippen molar-refractivity contribution in [1.29, 1.82) is 0 Å². The van der Waals surface area contributed by atoms with E-state index in [0.29, 0.717) is 0 Å². The average Bonchev–Trinajstić information content (AvgIpc) is 2.13. The number of hydrogen-bond acceptors (Lipinski definition) is 2. The first-order chi connectivity index (χ1) is 4.22. The Morgan fingerprint density at radius 1 is 1.67 bits per heavy atom. The van der Waals surface area contributed by atoms with Gasteiger partial charge in [-0.15, -0.1) is 11.3 Å². The van der Waals surface area contributed by atoms with Gasteiger partial charge in [-0.25, -0.2) is 0 Å². The van der Waals surface area contributed by atoms with Crippen LogP contribution < -0.4 is 5.73 Å². The zero-order valence-electron chi connectivity index (χ0n) is 5.72. The minimum absolute atomic E-state index is 0.191. The van der Waals surface area contributed by atoms with Gasteiger partial charge in [0.15, 0.2) is 0 Å². The number of hydrogen-bond donors (Lipinski definition) is 1. The van der Waals surface area contributed by atoms with Crippen molar-refractivity contribution in [2.45, 2.75) is 19.9 Å². The molecule has 0 spiro atoms. The van der Waals surface area contributed by atoms with Crippen molar-refractivity contribution in [2.24, 2.45) is 5.73 Å². The predicted molar refractivity (Wildman–Crippen MR) is 41.7 cm³/mol. The number of thiophene rings is 1. The monoisotopic (exact) mass is 141 g/mol. The first kappa shape index (κ1) is 6.78. The minimum Gasteiger partial charge on any atom is -0.324 e. The summed E-state index contributed by atoms with van der Waals surface area (Å²) in [4.78, 5) is 1.34. The van der Waals surface area contributed by atoms with E-state index in [1.54, 1.807) is 11.3 Å². The van der Waals surface area contributed by atoms with Crippen molar-refractivity contribution in [2.75, 3.05) is 0 Å². The Hall–Kier alpha value is -0.340. The van der Waals surface area contributed by atoms with Crippen LogP contribution in [-0.4, -0.2) is 0 Å². The second kappa shape index (κ2) is 2.50. The van der Waals surface area contributed by atoms with Gasteiger partial charge >= 0.3 is 0 Å². The van der Waals surface area contributed by atoms with E-state index in [9.17, 15) is 0 Å². The highest BCUT2D eigenvalue weighted by molar-refractivity contribution is 7.10. The highest BCUT2D eigenvalue weighted by Gasteiger charge is 2.02. The largest absolute Gasteiger partial charge is 0.324 e. The summed E-state index contributed by atoms with van der Waals surface area (Å²) in [7, 11) is 0. The van der Waals surface area contributed by atoms with Gasteiger partial charge in [-0.2, -0.15) is 0 Å². The molecule has 1 aromatic rings. The molecule has 50 valence electrons. The maximum Gasteiger partial charge on any atom is 0.0277 e. The maximum atomic E-state index is 5.67. The third-order valence-electron chi connectivity index (χ3n) is 1.39. The van der Waals surface area contributed by atoms with E-state index in [0.717, 1.165) is 0 Å². The van der Waals surface area contributed by atoms with E-state index >= 15 is 0 Å². The third kappa shape index (κ3) is 1.32. The summed E-state index contributed by atoms with van der Waals surface area (Å²) in [6, 6.07) is 2.28. The fourth-order valence-electron chi connectivity index (χ4n) is 0.867. The van der Waals surface area contributed by atoms with Gasteiger partial charge in [-0.3, -0.25) is 0 Å². The molecule has 1 heterocycles. The highest BCUT2D eigenvalue weighted by atomic mass is 32.1. The van der Waals surface area contributed by atoms with Crippen LogP contribution in [0.5, 0.6) is 0 Å². The zero-order chi connectivity index (χ0) is 6.85. The molecule has 2 heteroatoms. The lowest BCUT2D eigenvalue weighted by molar-refractivity contribution is 0.816. The predicted octanol–water partition coefficient (Wildman–Crippen LogP) is 2.08. The molecule has 1 aromatic heterocycles. The molecule has 0 aromatic carbocycles. The van der Waals surface area contributed by atoms with Crippen molar-refractivity contribution in [3.05, 3.63) is 21.9 Å². The molecule has 0 fully saturated rings. The second-order valence-corrected chi connectivity index (χ2v) is 3.34. The summed E-state index contributed by atoms with van der Waals surface area (Å²) in [6.45, 7) is 4.11. The normalized spacial score (nSPS) is 13.7. The number of nitrogens with two attached hydrogens (primary N) is 1. The highest BCUT2D eigenvalue weighted by Crippen LogP contribution is 2.19. The van der Waals surface area contributed by atoms with Gasteiger partial charge in [0, 0.05) is 10.9 Å². The van der Waals surface area contributed by atoms with Crippen molar-refractivity contribution >= 4 is 11.3 Å². The maximum absolute atomic E-state index is 5.67. The van der Waals surface area contributed by atoms with Gasteiger partial charge in [-0.1, -0.05) is 0 Å². The van der Waals surface area contributed by atoms with Crippen LogP contribution in [0.4, 0.5) is 0 Å². The average molecular weight is 141 g/mol. The first-order valence-electron chi connectivity index (χ1n) is 3.01. The van der Waals surface area contributed by atoms with Crippen LogP contribution in [0.2, 0.25) is 0 Å². The smallest absolute Gasteiger partial charge is 0.0277 e. The topological polar surface area (TPSA) is 26.0 Å². The van der Waals surface area contributed by atoms with Crippen LogP contribution in [-0.2, 0) is 0 Å². The van der Waals surface area contributed by atoms with Crippen LogP contribution in [0.25, 0.3) is 0 Å². The molecule has 0 amide bonds. The van der Waals surface area contributed by atoms with Crippen LogP contribution in [0, 0.1) is 6.92 Å². The molecule has 0 saturated heterocycles. The van der Waals surface area contributed by atoms with E-state index in [2.05, 4.69) is 18.4 Å². The molecule has 0 aliphatic heterocycles. The molecule has 1 atom stereocenters. The van der Waals surface area contributed by atoms with Gasteiger partial charge in [0.2, 0.25) is 0 Å². The summed E-state index contributed by atoms with van der Waals surface area (Å²) in [5, 5.41) is 2.08. The molecule has 2 N–H and O–H groups in total. The Bertz CT molecular complexity index is 191. The van der Waals surface area contributed by atoms with Crippen LogP contribution in [0.3, 0.4) is 0 Å². The summed E-state index contributed by atoms with van der Waals surface area (Å²) >= 11 is 1.75. The van der Waals surface area contributed by atoms with Crippen molar-refractivity contribution in [3.63, 3.8) is 0 Å². The van der Waals surface area contributed by atoms with E-state index in [1.807, 2.05) is 6.92 Å². The van der Waals surface area contributed by atoms with Gasteiger partial charge in [0.05, 0.1) is 0 Å². The van der Waals surface area contributed by atoms with E-state index in [1.165, 1.54) is 10.4 Å². The van der Waals surface area contributed by atoms with Crippen molar-refractivity contribution < 1.29 is 0 Å². The Labute approximate surface area is 59.5 Å². The van der Waals surface area contributed by atoms with Gasteiger partial charge in [0.25, 0.3) is 0 Å². The lowest BCUT2D eigenvalue weighted by Gasteiger charge is -2.01. The molecular weight excluding hydrogens is 130 g/mol. The number of rotatable bonds is 1. The van der Waals surface area contributed by atoms with Gasteiger partial charge in [0.1, 0.15) is 0 Å². The van der Waals surface area contributed by atoms with E-state index in [-0.39, 0.29) is 6.04 Å². The minimum atomic E-state index is 0.191. The molecular formula is C7H11NS. The zero-order valence-corrected chi connectivity index (χ0v) is 6.53. The standard InChI is InChI=1S/C7H11NS/c1-5(8)7-3-4-9-6(7)2/h3-5H,8H2,1-2H3/t5-/m0/s1. The third-order valence-corrected chi connectivity index (χ3v) is 2.25. The van der Waals surface area contributed by atoms with Crippen molar-refractivity contribution in [3.8, 4) is 0 Å².